The van der Waals surface area contributed by atoms with Crippen LogP contribution in [0.15, 0.2) is 42.6 Å². The van der Waals surface area contributed by atoms with Gasteiger partial charge in [0.25, 0.3) is 0 Å². The number of hydrogen-bond donors (Lipinski definition) is 2. The Labute approximate surface area is 204 Å². The molecule has 178 valence electrons. The van der Waals surface area contributed by atoms with Gasteiger partial charge in [0.2, 0.25) is 0 Å². The second-order valence-electron chi connectivity index (χ2n) is 9.63. The Morgan fingerprint density at radius 3 is 2.47 bits per heavy atom. The molecule has 0 unspecified atom stereocenters. The highest BCUT2D eigenvalue weighted by Crippen LogP contribution is 2.39. The number of carboxylic acid groups (broad SMARTS) is 1. The second kappa shape index (κ2) is 10.1. The van der Waals surface area contributed by atoms with Crippen molar-refractivity contribution >= 4 is 23.4 Å². The number of piperidine rings is 1. The molecule has 8 heteroatoms. The number of rotatable bonds is 6. The van der Waals surface area contributed by atoms with E-state index in [9.17, 15) is 4.79 Å². The maximum absolute atomic E-state index is 11.0. The van der Waals surface area contributed by atoms with Crippen molar-refractivity contribution in [2.75, 3.05) is 18.0 Å². The van der Waals surface area contributed by atoms with Crippen LogP contribution >= 0.6 is 11.6 Å². The molecule has 1 saturated carbocycles. The van der Waals surface area contributed by atoms with Crippen LogP contribution in [0, 0.1) is 17.8 Å². The number of nitrogens with zero attached hydrogens (tertiary/aromatic N) is 4. The number of aromatic amines is 1. The Hall–Kier alpha value is -2.93. The van der Waals surface area contributed by atoms with Gasteiger partial charge in [0, 0.05) is 41.9 Å². The van der Waals surface area contributed by atoms with E-state index < -0.39 is 5.97 Å². The molecule has 2 N–H and O–H groups in total. The van der Waals surface area contributed by atoms with Gasteiger partial charge >= 0.3 is 5.97 Å². The topological polar surface area (TPSA) is 95.0 Å². The molecule has 3 aromatic rings. The van der Waals surface area contributed by atoms with Gasteiger partial charge in [-0.1, -0.05) is 23.7 Å². The summed E-state index contributed by atoms with van der Waals surface area (Å²) in [6, 6.07) is 11.6. The SMILES string of the molecule is O=C(O)CC1CCC(C2CCN(c3ccc(-c4n[nH]c(-c5cccc(Cl)c5)n4)cn3)CC2)CC1. The Balaban J connectivity index is 1.15. The summed E-state index contributed by atoms with van der Waals surface area (Å²) in [6.45, 7) is 2.04. The Morgan fingerprint density at radius 2 is 1.79 bits per heavy atom. The zero-order chi connectivity index (χ0) is 23.5. The van der Waals surface area contributed by atoms with Gasteiger partial charge in [0.1, 0.15) is 5.82 Å². The van der Waals surface area contributed by atoms with E-state index in [1.54, 1.807) is 0 Å². The Bertz CT molecular complexity index is 1120. The summed E-state index contributed by atoms with van der Waals surface area (Å²) in [6.07, 6.45) is 9.05. The molecule has 0 amide bonds. The molecule has 1 aromatic carbocycles. The zero-order valence-electron chi connectivity index (χ0n) is 19.2. The largest absolute Gasteiger partial charge is 0.481 e. The third-order valence-corrected chi connectivity index (χ3v) is 7.71. The molecule has 2 fully saturated rings. The molecule has 34 heavy (non-hydrogen) atoms. The predicted octanol–water partition coefficient (Wildman–Crippen LogP) is 5.68. The molecule has 0 bridgehead atoms. The normalized spacial score (nSPS) is 21.5. The summed E-state index contributed by atoms with van der Waals surface area (Å²) in [5, 5.41) is 17.0. The molecule has 0 radical (unpaired) electrons. The number of anilines is 1. The number of aromatic nitrogens is 4. The molecule has 5 rings (SSSR count). The third-order valence-electron chi connectivity index (χ3n) is 7.47. The molecular formula is C26H30ClN5O2. The number of halogens is 1. The number of carboxylic acids is 1. The third kappa shape index (κ3) is 5.25. The molecule has 7 nitrogen and oxygen atoms in total. The smallest absolute Gasteiger partial charge is 0.303 e. The number of pyridine rings is 1. The fourth-order valence-corrected chi connectivity index (χ4v) is 5.76. The van der Waals surface area contributed by atoms with E-state index in [4.69, 9.17) is 21.7 Å². The molecule has 2 aliphatic rings. The molecule has 1 aliphatic carbocycles. The van der Waals surface area contributed by atoms with E-state index in [1.807, 2.05) is 36.5 Å². The highest BCUT2D eigenvalue weighted by atomic mass is 35.5. The average molecular weight is 480 g/mol. The van der Waals surface area contributed by atoms with Gasteiger partial charge in [-0.3, -0.25) is 9.89 Å². The number of carbonyl (C=O) groups is 1. The van der Waals surface area contributed by atoms with Gasteiger partial charge < -0.3 is 10.0 Å². The van der Waals surface area contributed by atoms with Gasteiger partial charge in [-0.2, -0.15) is 5.10 Å². The van der Waals surface area contributed by atoms with Crippen LogP contribution in [0.5, 0.6) is 0 Å². The van der Waals surface area contributed by atoms with Crippen LogP contribution in [-0.2, 0) is 4.79 Å². The summed E-state index contributed by atoms with van der Waals surface area (Å²) in [4.78, 5) is 22.6. The van der Waals surface area contributed by atoms with E-state index in [2.05, 4.69) is 26.1 Å². The minimum Gasteiger partial charge on any atom is -0.481 e. The summed E-state index contributed by atoms with van der Waals surface area (Å²) < 4.78 is 0. The molecule has 0 spiro atoms. The van der Waals surface area contributed by atoms with Gasteiger partial charge in [-0.05, 0) is 80.5 Å². The quantitative estimate of drug-likeness (QED) is 0.472. The van der Waals surface area contributed by atoms with E-state index in [0.717, 1.165) is 54.7 Å². The summed E-state index contributed by atoms with van der Waals surface area (Å²) in [5.41, 5.74) is 1.77. The number of nitrogens with one attached hydrogen (secondary N) is 1. The maximum Gasteiger partial charge on any atom is 0.303 e. The van der Waals surface area contributed by atoms with Crippen LogP contribution in [0.3, 0.4) is 0 Å². The zero-order valence-corrected chi connectivity index (χ0v) is 19.9. The summed E-state index contributed by atoms with van der Waals surface area (Å²) in [7, 11) is 0. The molecule has 2 aromatic heterocycles. The van der Waals surface area contributed by atoms with Crippen LogP contribution in [0.1, 0.15) is 44.9 Å². The first-order valence-electron chi connectivity index (χ1n) is 12.2. The lowest BCUT2D eigenvalue weighted by atomic mass is 9.72. The van der Waals surface area contributed by atoms with E-state index in [-0.39, 0.29) is 0 Å². The van der Waals surface area contributed by atoms with Crippen LogP contribution in [-0.4, -0.2) is 44.3 Å². The lowest BCUT2D eigenvalue weighted by Gasteiger charge is -2.39. The van der Waals surface area contributed by atoms with Crippen LogP contribution in [0.4, 0.5) is 5.82 Å². The fraction of sp³-hybridized carbons (Fsp3) is 0.462. The Kier molecular flexibility index (Phi) is 6.81. The molecular weight excluding hydrogens is 450 g/mol. The number of hydrogen-bond acceptors (Lipinski definition) is 5. The number of H-pyrrole nitrogens is 1. The number of benzene rings is 1. The fourth-order valence-electron chi connectivity index (χ4n) is 5.57. The first-order valence-corrected chi connectivity index (χ1v) is 12.5. The first kappa shape index (κ1) is 22.8. The first-order chi connectivity index (χ1) is 16.5. The standard InChI is InChI=1S/C26H30ClN5O2/c27-22-3-1-2-20(15-22)25-29-26(31-30-25)21-8-9-23(28-16-21)32-12-10-19(11-13-32)18-6-4-17(5-7-18)14-24(33)34/h1-3,8-9,15-19H,4-7,10-14H2,(H,33,34)(H,29,30,31). The van der Waals surface area contributed by atoms with Gasteiger partial charge in [-0.25, -0.2) is 9.97 Å². The lowest BCUT2D eigenvalue weighted by Crippen LogP contribution is -2.37. The van der Waals surface area contributed by atoms with Gasteiger partial charge in [-0.15, -0.1) is 0 Å². The average Bonchev–Trinajstić information content (AvgIpc) is 3.35. The van der Waals surface area contributed by atoms with E-state index in [0.29, 0.717) is 29.0 Å². The highest BCUT2D eigenvalue weighted by Gasteiger charge is 2.31. The van der Waals surface area contributed by atoms with Crippen molar-refractivity contribution in [1.82, 2.24) is 20.2 Å². The highest BCUT2D eigenvalue weighted by molar-refractivity contribution is 6.30. The van der Waals surface area contributed by atoms with Crippen LogP contribution in [0.2, 0.25) is 5.02 Å². The second-order valence-corrected chi connectivity index (χ2v) is 10.1. The van der Waals surface area contributed by atoms with Crippen molar-refractivity contribution in [3.05, 3.63) is 47.6 Å². The van der Waals surface area contributed by atoms with Gasteiger partial charge in [0.15, 0.2) is 11.6 Å². The lowest BCUT2D eigenvalue weighted by molar-refractivity contribution is -0.138. The van der Waals surface area contributed by atoms with E-state index >= 15 is 0 Å². The van der Waals surface area contributed by atoms with Crippen molar-refractivity contribution in [2.24, 2.45) is 17.8 Å². The predicted molar refractivity (Wildman–Crippen MR) is 133 cm³/mol. The van der Waals surface area contributed by atoms with Crippen molar-refractivity contribution in [3.63, 3.8) is 0 Å². The van der Waals surface area contributed by atoms with Crippen LogP contribution in [0.25, 0.3) is 22.8 Å². The molecule has 1 saturated heterocycles. The molecule has 3 heterocycles. The van der Waals surface area contributed by atoms with Crippen molar-refractivity contribution in [1.29, 1.82) is 0 Å². The monoisotopic (exact) mass is 479 g/mol. The van der Waals surface area contributed by atoms with E-state index in [1.165, 1.54) is 25.7 Å². The Morgan fingerprint density at radius 1 is 1.03 bits per heavy atom. The van der Waals surface area contributed by atoms with Crippen molar-refractivity contribution in [3.8, 4) is 22.8 Å². The minimum absolute atomic E-state index is 0.336. The maximum atomic E-state index is 11.0. The molecule has 0 atom stereocenters. The summed E-state index contributed by atoms with van der Waals surface area (Å²) >= 11 is 6.09. The molecule has 1 aliphatic heterocycles. The van der Waals surface area contributed by atoms with Crippen molar-refractivity contribution in [2.45, 2.75) is 44.9 Å². The van der Waals surface area contributed by atoms with Gasteiger partial charge in [0.05, 0.1) is 0 Å². The van der Waals surface area contributed by atoms with Crippen LogP contribution < -0.4 is 4.90 Å². The summed E-state index contributed by atoms with van der Waals surface area (Å²) in [5.74, 6) is 3.52. The number of aliphatic carboxylic acids is 1. The van der Waals surface area contributed by atoms with Crippen molar-refractivity contribution < 1.29 is 9.90 Å². The minimum atomic E-state index is -0.653.